The van der Waals surface area contributed by atoms with Crippen LogP contribution in [0.4, 0.5) is 8.78 Å². The van der Waals surface area contributed by atoms with Gasteiger partial charge >= 0.3 is 0 Å². The van der Waals surface area contributed by atoms with Gasteiger partial charge in [0.25, 0.3) is 0 Å². The molecule has 0 saturated heterocycles. The summed E-state index contributed by atoms with van der Waals surface area (Å²) >= 11 is 0. The van der Waals surface area contributed by atoms with Gasteiger partial charge in [-0.25, -0.2) is 8.78 Å². The lowest BCUT2D eigenvalue weighted by atomic mass is 10.2. The van der Waals surface area contributed by atoms with Crippen molar-refractivity contribution in [1.82, 2.24) is 0 Å². The molecule has 0 spiro atoms. The molecule has 51 valence electrons. The molecule has 0 unspecified atom stereocenters. The molecular formula is C8H5F2. The summed E-state index contributed by atoms with van der Waals surface area (Å²) in [6.07, 6.45) is 2.38. The molecule has 10 heavy (non-hydrogen) atoms. The number of benzene rings is 1. The van der Waals surface area contributed by atoms with Crippen molar-refractivity contribution in [3.8, 4) is 0 Å². The Morgan fingerprint density at radius 1 is 1.10 bits per heavy atom. The quantitative estimate of drug-likeness (QED) is 0.560. The molecule has 2 heteroatoms. The minimum Gasteiger partial charge on any atom is -0.207 e. The smallest absolute Gasteiger partial charge is 0.126 e. The zero-order valence-corrected chi connectivity index (χ0v) is 5.20. The van der Waals surface area contributed by atoms with Crippen LogP contribution in [0.15, 0.2) is 24.8 Å². The monoisotopic (exact) mass is 139 g/mol. The molecule has 1 rings (SSSR count). The van der Waals surface area contributed by atoms with Gasteiger partial charge < -0.3 is 0 Å². The second-order valence-electron chi connectivity index (χ2n) is 1.83. The molecule has 0 heterocycles. The Balaban J connectivity index is 3.18. The molecule has 0 aliphatic rings. The van der Waals surface area contributed by atoms with Gasteiger partial charge in [-0.2, -0.15) is 0 Å². The maximum atomic E-state index is 12.3. The highest BCUT2D eigenvalue weighted by molar-refractivity contribution is 5.22. The summed E-state index contributed by atoms with van der Waals surface area (Å²) in [5.41, 5.74) is 0.331. The molecule has 0 amide bonds. The van der Waals surface area contributed by atoms with Crippen LogP contribution in [-0.2, 0) is 0 Å². The Bertz CT molecular complexity index is 233. The van der Waals surface area contributed by atoms with Gasteiger partial charge in [0, 0.05) is 6.07 Å². The van der Waals surface area contributed by atoms with Gasteiger partial charge in [0.2, 0.25) is 0 Å². The molecule has 0 nitrogen and oxygen atoms in total. The maximum absolute atomic E-state index is 12.3. The molecule has 0 bridgehead atoms. The molecule has 0 fully saturated rings. The summed E-state index contributed by atoms with van der Waals surface area (Å²) in [6.45, 7) is 3.25. The first-order chi connectivity index (χ1) is 4.72. The normalized spacial score (nSPS) is 9.40. The molecular weight excluding hydrogens is 134 g/mol. The maximum Gasteiger partial charge on any atom is 0.126 e. The number of halogens is 2. The Morgan fingerprint density at radius 3 is 2.00 bits per heavy atom. The van der Waals surface area contributed by atoms with E-state index in [9.17, 15) is 8.78 Å². The van der Waals surface area contributed by atoms with E-state index in [2.05, 4.69) is 12.7 Å². The first-order valence-corrected chi connectivity index (χ1v) is 2.71. The van der Waals surface area contributed by atoms with Crippen LogP contribution in [0.25, 0.3) is 0 Å². The van der Waals surface area contributed by atoms with E-state index in [1.807, 2.05) is 0 Å². The predicted molar refractivity (Wildman–Crippen MR) is 34.3 cm³/mol. The van der Waals surface area contributed by atoms with Crippen molar-refractivity contribution >= 4 is 0 Å². The zero-order chi connectivity index (χ0) is 7.56. The highest BCUT2D eigenvalue weighted by Gasteiger charge is 1.95. The van der Waals surface area contributed by atoms with Gasteiger partial charge in [-0.05, 0) is 23.8 Å². The van der Waals surface area contributed by atoms with Gasteiger partial charge in [-0.3, -0.25) is 0 Å². The summed E-state index contributed by atoms with van der Waals surface area (Å²) in [4.78, 5) is 0. The van der Waals surface area contributed by atoms with Crippen molar-refractivity contribution in [3.63, 3.8) is 0 Å². The van der Waals surface area contributed by atoms with Crippen LogP contribution in [0.3, 0.4) is 0 Å². The van der Waals surface area contributed by atoms with Gasteiger partial charge in [0.05, 0.1) is 0 Å². The van der Waals surface area contributed by atoms with Gasteiger partial charge in [-0.1, -0.05) is 6.58 Å². The SMILES string of the molecule is C=[C]c1cc(F)cc(F)c1. The fraction of sp³-hybridized carbons (Fsp3) is 0. The fourth-order valence-corrected chi connectivity index (χ4v) is 0.656. The van der Waals surface area contributed by atoms with Crippen molar-refractivity contribution < 1.29 is 8.78 Å². The molecule has 0 saturated carbocycles. The van der Waals surface area contributed by atoms with E-state index in [1.54, 1.807) is 0 Å². The minimum atomic E-state index is -0.605. The van der Waals surface area contributed by atoms with Crippen molar-refractivity contribution in [2.75, 3.05) is 0 Å². The fourth-order valence-electron chi connectivity index (χ4n) is 0.656. The number of hydrogen-bond donors (Lipinski definition) is 0. The highest BCUT2D eigenvalue weighted by atomic mass is 19.1. The largest absolute Gasteiger partial charge is 0.207 e. The van der Waals surface area contributed by atoms with Crippen LogP contribution in [0, 0.1) is 17.7 Å². The summed E-state index contributed by atoms with van der Waals surface area (Å²) in [6, 6.07) is 3.13. The second kappa shape index (κ2) is 2.60. The molecule has 0 aliphatic heterocycles. The summed E-state index contributed by atoms with van der Waals surface area (Å²) in [5.74, 6) is -1.21. The van der Waals surface area contributed by atoms with E-state index >= 15 is 0 Å². The van der Waals surface area contributed by atoms with Crippen molar-refractivity contribution in [1.29, 1.82) is 0 Å². The Morgan fingerprint density at radius 2 is 1.60 bits per heavy atom. The molecule has 0 N–H and O–H groups in total. The van der Waals surface area contributed by atoms with Gasteiger partial charge in [-0.15, -0.1) is 0 Å². The average Bonchev–Trinajstić information content (AvgIpc) is 1.85. The number of rotatable bonds is 1. The Labute approximate surface area is 57.8 Å². The third-order valence-corrected chi connectivity index (χ3v) is 1.07. The minimum absolute atomic E-state index is 0.331. The van der Waals surface area contributed by atoms with Crippen LogP contribution in [0.2, 0.25) is 0 Å². The first kappa shape index (κ1) is 6.93. The predicted octanol–water partition coefficient (Wildman–Crippen LogP) is 2.30. The van der Waals surface area contributed by atoms with Crippen LogP contribution < -0.4 is 0 Å². The molecule has 0 aromatic heterocycles. The van der Waals surface area contributed by atoms with Crippen LogP contribution in [0.5, 0.6) is 0 Å². The first-order valence-electron chi connectivity index (χ1n) is 2.71. The summed E-state index contributed by atoms with van der Waals surface area (Å²) in [7, 11) is 0. The lowest BCUT2D eigenvalue weighted by Crippen LogP contribution is -1.81. The second-order valence-corrected chi connectivity index (χ2v) is 1.83. The lowest BCUT2D eigenvalue weighted by Gasteiger charge is -1.92. The van der Waals surface area contributed by atoms with Gasteiger partial charge in [0.15, 0.2) is 0 Å². The van der Waals surface area contributed by atoms with Gasteiger partial charge in [0.1, 0.15) is 11.6 Å². The van der Waals surface area contributed by atoms with Crippen molar-refractivity contribution in [2.24, 2.45) is 0 Å². The van der Waals surface area contributed by atoms with Crippen LogP contribution in [0.1, 0.15) is 5.56 Å². The Hall–Kier alpha value is -1.18. The van der Waals surface area contributed by atoms with Crippen molar-refractivity contribution in [3.05, 3.63) is 48.1 Å². The summed E-state index contributed by atoms with van der Waals surface area (Å²) in [5, 5.41) is 0. The third-order valence-electron chi connectivity index (χ3n) is 1.07. The van der Waals surface area contributed by atoms with E-state index in [0.29, 0.717) is 5.56 Å². The number of hydrogen-bond acceptors (Lipinski definition) is 0. The van der Waals surface area contributed by atoms with E-state index in [1.165, 1.54) is 0 Å². The van der Waals surface area contributed by atoms with E-state index in [4.69, 9.17) is 0 Å². The molecule has 1 radical (unpaired) electrons. The standard InChI is InChI=1S/C8H5F2/c1-2-6-3-7(9)5-8(10)4-6/h3-5H,1H2. The molecule has 1 aromatic rings. The lowest BCUT2D eigenvalue weighted by molar-refractivity contribution is 0.582. The average molecular weight is 139 g/mol. The molecule has 0 atom stereocenters. The Kier molecular flexibility index (Phi) is 1.81. The molecule has 0 aliphatic carbocycles. The summed E-state index contributed by atoms with van der Waals surface area (Å²) < 4.78 is 24.6. The van der Waals surface area contributed by atoms with Crippen LogP contribution >= 0.6 is 0 Å². The van der Waals surface area contributed by atoms with E-state index in [0.717, 1.165) is 18.2 Å². The van der Waals surface area contributed by atoms with Crippen LogP contribution in [-0.4, -0.2) is 0 Å². The van der Waals surface area contributed by atoms with Crippen molar-refractivity contribution in [2.45, 2.75) is 0 Å². The van der Waals surface area contributed by atoms with E-state index < -0.39 is 11.6 Å². The molecule has 1 aromatic carbocycles. The third kappa shape index (κ3) is 1.41. The topological polar surface area (TPSA) is 0 Å². The van der Waals surface area contributed by atoms with E-state index in [-0.39, 0.29) is 0 Å². The highest BCUT2D eigenvalue weighted by Crippen LogP contribution is 2.06. The zero-order valence-electron chi connectivity index (χ0n) is 5.20.